The molecule has 1 N–H and O–H groups in total. The van der Waals surface area contributed by atoms with E-state index in [0.717, 1.165) is 43.9 Å². The van der Waals surface area contributed by atoms with Crippen LogP contribution in [0.3, 0.4) is 0 Å². The predicted octanol–water partition coefficient (Wildman–Crippen LogP) is 4.03. The third kappa shape index (κ3) is 5.30. The van der Waals surface area contributed by atoms with Crippen LogP contribution < -0.4 is 4.72 Å². The van der Waals surface area contributed by atoms with E-state index in [9.17, 15) is 8.42 Å². The minimum absolute atomic E-state index is 0.235. The third-order valence-corrected chi connectivity index (χ3v) is 8.70. The van der Waals surface area contributed by atoms with E-state index in [0.29, 0.717) is 25.2 Å². The fourth-order valence-corrected chi connectivity index (χ4v) is 6.64. The second-order valence-electron chi connectivity index (χ2n) is 8.32. The van der Waals surface area contributed by atoms with E-state index in [-0.39, 0.29) is 5.25 Å². The number of allylic oxidation sites excluding steroid dienone is 1. The van der Waals surface area contributed by atoms with Crippen LogP contribution in [0.2, 0.25) is 0 Å². The zero-order valence-corrected chi connectivity index (χ0v) is 16.3. The Morgan fingerprint density at radius 1 is 0.960 bits per heavy atom. The molecule has 0 aromatic carbocycles. The van der Waals surface area contributed by atoms with E-state index in [2.05, 4.69) is 11.3 Å². The van der Waals surface area contributed by atoms with Gasteiger partial charge in [0.25, 0.3) is 0 Å². The Balaban J connectivity index is 1.34. The van der Waals surface area contributed by atoms with Gasteiger partial charge in [-0.1, -0.05) is 31.8 Å². The largest absolute Gasteiger partial charge is 0.377 e. The lowest BCUT2D eigenvalue weighted by molar-refractivity contribution is -0.0102. The van der Waals surface area contributed by atoms with Crippen molar-refractivity contribution in [2.75, 3.05) is 13.2 Å². The third-order valence-electron chi connectivity index (χ3n) is 6.74. The topological polar surface area (TPSA) is 55.4 Å². The fourth-order valence-electron chi connectivity index (χ4n) is 5.14. The zero-order chi connectivity index (χ0) is 17.7. The highest BCUT2D eigenvalue weighted by molar-refractivity contribution is 7.90. The molecule has 25 heavy (non-hydrogen) atoms. The summed E-state index contributed by atoms with van der Waals surface area (Å²) in [5, 5.41) is -0.235. The Kier molecular flexibility index (Phi) is 6.98. The molecule has 3 atom stereocenters. The van der Waals surface area contributed by atoms with Gasteiger partial charge in [0.1, 0.15) is 0 Å². The highest BCUT2D eigenvalue weighted by Gasteiger charge is 2.33. The normalized spacial score (nSPS) is 36.6. The van der Waals surface area contributed by atoms with Gasteiger partial charge in [-0.3, -0.25) is 0 Å². The minimum Gasteiger partial charge on any atom is -0.377 e. The maximum absolute atomic E-state index is 12.4. The van der Waals surface area contributed by atoms with E-state index < -0.39 is 10.0 Å². The summed E-state index contributed by atoms with van der Waals surface area (Å²) in [5.41, 5.74) is 0. The monoisotopic (exact) mass is 369 g/mol. The number of hydrogen-bond donors (Lipinski definition) is 1. The van der Waals surface area contributed by atoms with Gasteiger partial charge >= 0.3 is 0 Å². The van der Waals surface area contributed by atoms with Crippen LogP contribution in [0, 0.1) is 17.8 Å². The molecule has 3 rings (SSSR count). The summed E-state index contributed by atoms with van der Waals surface area (Å²) < 4.78 is 33.6. The van der Waals surface area contributed by atoms with Gasteiger partial charge in [0.2, 0.25) is 10.0 Å². The second kappa shape index (κ2) is 9.01. The second-order valence-corrected chi connectivity index (χ2v) is 10.4. The van der Waals surface area contributed by atoms with Crippen LogP contribution in [0.25, 0.3) is 0 Å². The lowest BCUT2D eigenvalue weighted by atomic mass is 9.70. The maximum atomic E-state index is 12.4. The molecule has 0 bridgehead atoms. The first kappa shape index (κ1) is 19.4. The van der Waals surface area contributed by atoms with Crippen LogP contribution in [0.1, 0.15) is 70.6 Å². The molecule has 5 heteroatoms. The van der Waals surface area contributed by atoms with Crippen molar-refractivity contribution < 1.29 is 13.2 Å². The van der Waals surface area contributed by atoms with Crippen LogP contribution in [-0.2, 0) is 14.8 Å². The van der Waals surface area contributed by atoms with Gasteiger partial charge in [-0.2, -0.15) is 0 Å². The van der Waals surface area contributed by atoms with Crippen molar-refractivity contribution >= 4 is 10.0 Å². The van der Waals surface area contributed by atoms with Gasteiger partial charge in [-0.05, 0) is 62.7 Å². The van der Waals surface area contributed by atoms with E-state index in [1.54, 1.807) is 0 Å². The standard InChI is InChI=1S/C20H35NO3S/c1-2-16-7-11-20(12-8-16)25(22,23)21-13-14-24-19-10-9-17-5-3-4-6-18(17)15-19/h2,16-21H,1,3-15H2. The molecule has 3 aliphatic carbocycles. The fraction of sp³-hybridized carbons (Fsp3) is 0.900. The van der Waals surface area contributed by atoms with Crippen molar-refractivity contribution in [3.63, 3.8) is 0 Å². The van der Waals surface area contributed by atoms with Crippen LogP contribution in [0.15, 0.2) is 12.7 Å². The van der Waals surface area contributed by atoms with Crippen molar-refractivity contribution in [3.8, 4) is 0 Å². The van der Waals surface area contributed by atoms with Gasteiger partial charge in [0.05, 0.1) is 18.0 Å². The van der Waals surface area contributed by atoms with Gasteiger partial charge in [0, 0.05) is 6.54 Å². The molecule has 0 aliphatic heterocycles. The van der Waals surface area contributed by atoms with Gasteiger partial charge < -0.3 is 4.74 Å². The molecule has 3 aliphatic rings. The number of fused-ring (bicyclic) bond motifs is 1. The number of nitrogens with one attached hydrogen (secondary N) is 1. The van der Waals surface area contributed by atoms with Crippen molar-refractivity contribution in [1.82, 2.24) is 4.72 Å². The van der Waals surface area contributed by atoms with Gasteiger partial charge in [0.15, 0.2) is 0 Å². The van der Waals surface area contributed by atoms with Crippen LogP contribution >= 0.6 is 0 Å². The summed E-state index contributed by atoms with van der Waals surface area (Å²) in [6.07, 6.45) is 14.9. The molecule has 0 radical (unpaired) electrons. The molecule has 4 nitrogen and oxygen atoms in total. The van der Waals surface area contributed by atoms with Gasteiger partial charge in [-0.15, -0.1) is 6.58 Å². The van der Waals surface area contributed by atoms with Crippen LogP contribution in [0.5, 0.6) is 0 Å². The van der Waals surface area contributed by atoms with Gasteiger partial charge in [-0.25, -0.2) is 13.1 Å². The quantitative estimate of drug-likeness (QED) is 0.544. The molecule has 3 fully saturated rings. The average molecular weight is 370 g/mol. The number of sulfonamides is 1. The van der Waals surface area contributed by atoms with Crippen LogP contribution in [0.4, 0.5) is 0 Å². The first-order chi connectivity index (χ1) is 12.1. The van der Waals surface area contributed by atoms with Crippen LogP contribution in [-0.4, -0.2) is 32.9 Å². The first-order valence-electron chi connectivity index (χ1n) is 10.3. The average Bonchev–Trinajstić information content (AvgIpc) is 2.65. The van der Waals surface area contributed by atoms with E-state index >= 15 is 0 Å². The van der Waals surface area contributed by atoms with Crippen molar-refractivity contribution in [3.05, 3.63) is 12.7 Å². The maximum Gasteiger partial charge on any atom is 0.214 e. The molecule has 0 aromatic heterocycles. The highest BCUT2D eigenvalue weighted by atomic mass is 32.2. The van der Waals surface area contributed by atoms with Crippen molar-refractivity contribution in [2.45, 2.75) is 82.0 Å². The Morgan fingerprint density at radius 3 is 2.40 bits per heavy atom. The molecule has 0 aromatic rings. The number of hydrogen-bond acceptors (Lipinski definition) is 3. The summed E-state index contributed by atoms with van der Waals surface area (Å²) in [6.45, 7) is 4.73. The first-order valence-corrected chi connectivity index (χ1v) is 11.9. The Labute approximate surface area is 153 Å². The Morgan fingerprint density at radius 2 is 1.68 bits per heavy atom. The Bertz CT molecular complexity index is 525. The molecule has 0 heterocycles. The number of ether oxygens (including phenoxy) is 1. The summed E-state index contributed by atoms with van der Waals surface area (Å²) in [5.74, 6) is 2.27. The summed E-state index contributed by atoms with van der Waals surface area (Å²) in [4.78, 5) is 0. The molecule has 0 amide bonds. The molecule has 3 unspecified atom stereocenters. The number of rotatable bonds is 7. The molecule has 3 saturated carbocycles. The summed E-state index contributed by atoms with van der Waals surface area (Å²) in [6, 6.07) is 0. The molecule has 0 spiro atoms. The van der Waals surface area contributed by atoms with E-state index in [1.807, 2.05) is 6.08 Å². The highest BCUT2D eigenvalue weighted by Crippen LogP contribution is 2.41. The minimum atomic E-state index is -3.20. The van der Waals surface area contributed by atoms with E-state index in [1.165, 1.54) is 38.5 Å². The van der Waals surface area contributed by atoms with E-state index in [4.69, 9.17) is 4.74 Å². The predicted molar refractivity (Wildman–Crippen MR) is 102 cm³/mol. The SMILES string of the molecule is C=CC1CCC(S(=O)(=O)NCCOC2CCC3CCCCC3C2)CC1. The molecule has 144 valence electrons. The lowest BCUT2D eigenvalue weighted by Gasteiger charge is -2.39. The van der Waals surface area contributed by atoms with Crippen molar-refractivity contribution in [2.24, 2.45) is 17.8 Å². The van der Waals surface area contributed by atoms with Crippen molar-refractivity contribution in [1.29, 1.82) is 0 Å². The Hall–Kier alpha value is -0.390. The summed E-state index contributed by atoms with van der Waals surface area (Å²) >= 11 is 0. The zero-order valence-electron chi connectivity index (χ0n) is 15.5. The molecule has 0 saturated heterocycles. The smallest absolute Gasteiger partial charge is 0.214 e. The lowest BCUT2D eigenvalue weighted by Crippen LogP contribution is -2.39. The summed E-state index contributed by atoms with van der Waals surface area (Å²) in [7, 11) is -3.20. The molecular formula is C20H35NO3S. The molecular weight excluding hydrogens is 334 g/mol.